The zero-order valence-electron chi connectivity index (χ0n) is 15.3. The van der Waals surface area contributed by atoms with Crippen molar-refractivity contribution in [3.8, 4) is 0 Å². The van der Waals surface area contributed by atoms with Gasteiger partial charge in [-0.3, -0.25) is 14.5 Å². The summed E-state index contributed by atoms with van der Waals surface area (Å²) in [5.41, 5.74) is 1.20. The number of nitrogens with zero attached hydrogens (tertiary/aromatic N) is 1. The van der Waals surface area contributed by atoms with Gasteiger partial charge in [-0.2, -0.15) is 0 Å². The van der Waals surface area contributed by atoms with Gasteiger partial charge >= 0.3 is 0 Å². The first-order chi connectivity index (χ1) is 12.2. The lowest BCUT2D eigenvalue weighted by Crippen LogP contribution is -2.45. The lowest BCUT2D eigenvalue weighted by molar-refractivity contribution is -0.120. The van der Waals surface area contributed by atoms with Gasteiger partial charge in [0.25, 0.3) is 11.8 Å². The minimum atomic E-state index is -0.414. The second-order valence-electron chi connectivity index (χ2n) is 7.01. The molecule has 0 aliphatic rings. The van der Waals surface area contributed by atoms with Crippen LogP contribution in [0.1, 0.15) is 36.7 Å². The van der Waals surface area contributed by atoms with Gasteiger partial charge in [0.05, 0.1) is 12.1 Å². The molecular weight excluding hydrogens is 439 g/mol. The average Bonchev–Trinajstić information content (AvgIpc) is 2.58. The predicted octanol–water partition coefficient (Wildman–Crippen LogP) is 4.36. The quantitative estimate of drug-likeness (QED) is 0.531. The molecule has 2 rings (SSSR count). The van der Waals surface area contributed by atoms with Crippen LogP contribution in [0.25, 0.3) is 0 Å². The highest BCUT2D eigenvalue weighted by molar-refractivity contribution is 14.1. The number of nitrogens with one attached hydrogen (secondary N) is 1. The Morgan fingerprint density at radius 1 is 1.04 bits per heavy atom. The van der Waals surface area contributed by atoms with Crippen LogP contribution in [-0.4, -0.2) is 22.3 Å². The summed E-state index contributed by atoms with van der Waals surface area (Å²) in [6.07, 6.45) is 0. The molecule has 0 bridgehead atoms. The average molecular weight is 462 g/mol. The molecule has 26 heavy (non-hydrogen) atoms. The highest BCUT2D eigenvalue weighted by atomic mass is 127. The number of halogens is 1. The van der Waals surface area contributed by atoms with E-state index in [0.717, 1.165) is 9.13 Å². The molecular formula is C21H23IN2O2. The molecule has 0 fully saturated rings. The number of rotatable bonds is 5. The van der Waals surface area contributed by atoms with E-state index in [4.69, 9.17) is 0 Å². The Hall–Kier alpha value is -2.15. The van der Waals surface area contributed by atoms with E-state index in [-0.39, 0.29) is 24.1 Å². The van der Waals surface area contributed by atoms with Gasteiger partial charge in [0, 0.05) is 9.11 Å². The van der Waals surface area contributed by atoms with Crippen LogP contribution in [0.4, 0.5) is 0 Å². The fourth-order valence-corrected chi connectivity index (χ4v) is 2.99. The second kappa shape index (κ2) is 8.49. The monoisotopic (exact) mass is 462 g/mol. The number of benzene rings is 2. The van der Waals surface area contributed by atoms with Gasteiger partial charge in [0.1, 0.15) is 5.70 Å². The first-order valence-electron chi connectivity index (χ1n) is 8.31. The minimum absolute atomic E-state index is 0.133. The third kappa shape index (κ3) is 5.42. The van der Waals surface area contributed by atoms with E-state index < -0.39 is 5.54 Å². The molecule has 136 valence electrons. The molecule has 0 aliphatic carbocycles. The van der Waals surface area contributed by atoms with Crippen molar-refractivity contribution in [2.24, 2.45) is 0 Å². The van der Waals surface area contributed by atoms with Gasteiger partial charge in [-0.15, -0.1) is 0 Å². The van der Waals surface area contributed by atoms with Crippen molar-refractivity contribution >= 4 is 34.4 Å². The van der Waals surface area contributed by atoms with E-state index >= 15 is 0 Å². The van der Waals surface area contributed by atoms with E-state index in [0.29, 0.717) is 5.56 Å². The normalized spacial score (nSPS) is 10.9. The lowest BCUT2D eigenvalue weighted by Gasteiger charge is -2.28. The van der Waals surface area contributed by atoms with E-state index in [9.17, 15) is 9.59 Å². The van der Waals surface area contributed by atoms with E-state index in [1.165, 1.54) is 4.90 Å². The fourth-order valence-electron chi connectivity index (χ4n) is 2.37. The van der Waals surface area contributed by atoms with Crippen LogP contribution in [-0.2, 0) is 11.3 Å². The topological polar surface area (TPSA) is 49.4 Å². The number of hydrogen-bond donors (Lipinski definition) is 1. The maximum absolute atomic E-state index is 13.2. The Bertz CT molecular complexity index is 810. The van der Waals surface area contributed by atoms with E-state index in [1.54, 1.807) is 6.07 Å². The van der Waals surface area contributed by atoms with Gasteiger partial charge in [0.2, 0.25) is 0 Å². The van der Waals surface area contributed by atoms with Gasteiger partial charge in [0.15, 0.2) is 0 Å². The van der Waals surface area contributed by atoms with Gasteiger partial charge in [-0.05, 0) is 61.1 Å². The van der Waals surface area contributed by atoms with Crippen molar-refractivity contribution < 1.29 is 9.59 Å². The van der Waals surface area contributed by atoms with Crippen LogP contribution >= 0.6 is 22.6 Å². The third-order valence-corrected chi connectivity index (χ3v) is 4.55. The van der Waals surface area contributed by atoms with E-state index in [1.807, 2.05) is 69.3 Å². The van der Waals surface area contributed by atoms with Gasteiger partial charge in [-0.25, -0.2) is 0 Å². The van der Waals surface area contributed by atoms with Crippen molar-refractivity contribution in [1.82, 2.24) is 10.2 Å². The van der Waals surface area contributed by atoms with Crippen LogP contribution in [0.15, 0.2) is 66.9 Å². The van der Waals surface area contributed by atoms with Crippen molar-refractivity contribution in [2.75, 3.05) is 0 Å². The molecule has 0 spiro atoms. The Balaban J connectivity index is 2.35. The van der Waals surface area contributed by atoms with Crippen LogP contribution in [0.2, 0.25) is 0 Å². The highest BCUT2D eigenvalue weighted by Gasteiger charge is 2.26. The second-order valence-corrected chi connectivity index (χ2v) is 8.17. The van der Waals surface area contributed by atoms with Crippen LogP contribution in [0.3, 0.4) is 0 Å². The number of carbonyl (C=O) groups excluding carboxylic acids is 2. The lowest BCUT2D eigenvalue weighted by atomic mass is 10.1. The van der Waals surface area contributed by atoms with Crippen molar-refractivity contribution in [3.63, 3.8) is 0 Å². The number of hydrogen-bond acceptors (Lipinski definition) is 2. The molecule has 0 aliphatic heterocycles. The zero-order chi connectivity index (χ0) is 19.3. The number of carbonyl (C=O) groups is 2. The van der Waals surface area contributed by atoms with Gasteiger partial charge in [-0.1, -0.05) is 49.0 Å². The Morgan fingerprint density at radius 2 is 1.62 bits per heavy atom. The van der Waals surface area contributed by atoms with Crippen molar-refractivity contribution in [1.29, 1.82) is 0 Å². The summed E-state index contributed by atoms with van der Waals surface area (Å²) in [6.45, 7) is 9.85. The van der Waals surface area contributed by atoms with Crippen molar-refractivity contribution in [3.05, 3.63) is 81.6 Å². The molecule has 2 amide bonds. The van der Waals surface area contributed by atoms with Crippen molar-refractivity contribution in [2.45, 2.75) is 32.9 Å². The maximum Gasteiger partial charge on any atom is 0.267 e. The fraction of sp³-hybridized carbons (Fsp3) is 0.238. The Kier molecular flexibility index (Phi) is 6.58. The molecule has 0 heterocycles. The molecule has 5 heteroatoms. The summed E-state index contributed by atoms with van der Waals surface area (Å²) >= 11 is 2.13. The SMILES string of the molecule is C=C(C(=O)NC(C)(C)C)N(Cc1ccccc1)C(=O)c1ccccc1I. The Labute approximate surface area is 168 Å². The molecule has 0 unspecified atom stereocenters. The third-order valence-electron chi connectivity index (χ3n) is 3.61. The minimum Gasteiger partial charge on any atom is -0.346 e. The standard InChI is InChI=1S/C21H23IN2O2/c1-15(19(25)23-21(2,3)4)24(14-16-10-6-5-7-11-16)20(26)17-12-8-9-13-18(17)22/h5-13H,1,14H2,2-4H3,(H,23,25). The summed E-state index contributed by atoms with van der Waals surface area (Å²) in [5, 5.41) is 2.87. The van der Waals surface area contributed by atoms with Crippen LogP contribution in [0.5, 0.6) is 0 Å². The molecule has 4 nitrogen and oxygen atoms in total. The first kappa shape index (κ1) is 20.2. The molecule has 0 saturated carbocycles. The molecule has 0 aromatic heterocycles. The molecule has 0 radical (unpaired) electrons. The summed E-state index contributed by atoms with van der Waals surface area (Å²) in [7, 11) is 0. The largest absolute Gasteiger partial charge is 0.346 e. The molecule has 2 aromatic rings. The molecule has 0 saturated heterocycles. The summed E-state index contributed by atoms with van der Waals surface area (Å²) in [5.74, 6) is -0.597. The Morgan fingerprint density at radius 3 is 2.19 bits per heavy atom. The first-order valence-corrected chi connectivity index (χ1v) is 9.38. The van der Waals surface area contributed by atoms with E-state index in [2.05, 4.69) is 34.5 Å². The predicted molar refractivity (Wildman–Crippen MR) is 113 cm³/mol. The smallest absolute Gasteiger partial charge is 0.267 e. The molecule has 0 atom stereocenters. The number of amides is 2. The van der Waals surface area contributed by atoms with Gasteiger partial charge < -0.3 is 5.32 Å². The zero-order valence-corrected chi connectivity index (χ0v) is 17.4. The summed E-state index contributed by atoms with van der Waals surface area (Å²) in [4.78, 5) is 27.2. The molecule has 1 N–H and O–H groups in total. The maximum atomic E-state index is 13.2. The molecule has 2 aromatic carbocycles. The van der Waals surface area contributed by atoms with Crippen LogP contribution < -0.4 is 5.32 Å². The summed E-state index contributed by atoms with van der Waals surface area (Å²) < 4.78 is 0.831. The van der Waals surface area contributed by atoms with Crippen LogP contribution in [0, 0.1) is 3.57 Å². The highest BCUT2D eigenvalue weighted by Crippen LogP contribution is 2.19. The summed E-state index contributed by atoms with van der Waals surface area (Å²) in [6, 6.07) is 16.9.